The van der Waals surface area contributed by atoms with E-state index in [4.69, 9.17) is 0 Å². The Kier molecular flexibility index (Phi) is 5.54. The Balaban J connectivity index is 2.92. The van der Waals surface area contributed by atoms with Crippen molar-refractivity contribution in [3.05, 3.63) is 39.9 Å². The van der Waals surface area contributed by atoms with Crippen LogP contribution in [0.4, 0.5) is 5.69 Å². The maximum Gasteiger partial charge on any atom is 0.280 e. The molecule has 0 radical (unpaired) electrons. The predicted octanol–water partition coefficient (Wildman–Crippen LogP) is 3.77. The molecule has 0 saturated heterocycles. The fourth-order valence-electron chi connectivity index (χ4n) is 1.52. The molecule has 0 aliphatic carbocycles. The first-order valence-electron chi connectivity index (χ1n) is 5.49. The summed E-state index contributed by atoms with van der Waals surface area (Å²) < 4.78 is -0.186. The molecule has 0 aliphatic rings. The molecular formula is C12H14INO3. The standard InChI is InChI=1S/C12H14INO3/c1-2-3-7-10(13)12(15)9-6-4-5-8-11(9)14(16)17/h4-6,8,10H,2-3,7H2,1H3. The number of unbranched alkanes of at least 4 members (excludes halogenated alkanes) is 1. The second-order valence-corrected chi connectivity index (χ2v) is 5.25. The van der Waals surface area contributed by atoms with Crippen molar-refractivity contribution in [3.63, 3.8) is 0 Å². The fraction of sp³-hybridized carbons (Fsp3) is 0.417. The van der Waals surface area contributed by atoms with Gasteiger partial charge in [0.2, 0.25) is 0 Å². The molecule has 0 amide bonds. The molecule has 1 unspecified atom stereocenters. The van der Waals surface area contributed by atoms with Gasteiger partial charge < -0.3 is 0 Å². The van der Waals surface area contributed by atoms with Crippen LogP contribution in [0.1, 0.15) is 36.5 Å². The summed E-state index contributed by atoms with van der Waals surface area (Å²) in [5.74, 6) is -0.147. The molecule has 5 heteroatoms. The summed E-state index contributed by atoms with van der Waals surface area (Å²) in [6.07, 6.45) is 2.74. The second-order valence-electron chi connectivity index (χ2n) is 3.75. The van der Waals surface area contributed by atoms with Gasteiger partial charge in [0.25, 0.3) is 5.69 Å². The number of halogens is 1. The van der Waals surface area contributed by atoms with Crippen LogP contribution in [0, 0.1) is 10.1 Å². The summed E-state index contributed by atoms with van der Waals surface area (Å²) >= 11 is 2.06. The quantitative estimate of drug-likeness (QED) is 0.259. The third-order valence-electron chi connectivity index (χ3n) is 2.46. The lowest BCUT2D eigenvalue weighted by molar-refractivity contribution is -0.385. The molecule has 0 saturated carbocycles. The lowest BCUT2D eigenvalue weighted by Gasteiger charge is -2.08. The van der Waals surface area contributed by atoms with Gasteiger partial charge in [-0.1, -0.05) is 54.5 Å². The van der Waals surface area contributed by atoms with E-state index in [2.05, 4.69) is 29.5 Å². The topological polar surface area (TPSA) is 60.2 Å². The first-order chi connectivity index (χ1) is 8.07. The Labute approximate surface area is 114 Å². The minimum atomic E-state index is -0.504. The summed E-state index contributed by atoms with van der Waals surface area (Å²) in [4.78, 5) is 22.4. The Morgan fingerprint density at radius 2 is 2.12 bits per heavy atom. The molecule has 0 fully saturated rings. The van der Waals surface area contributed by atoms with Crippen LogP contribution in [0.15, 0.2) is 24.3 Å². The fourth-order valence-corrected chi connectivity index (χ4v) is 2.30. The number of nitro benzene ring substituents is 1. The van der Waals surface area contributed by atoms with Crippen LogP contribution in [0.5, 0.6) is 0 Å². The highest BCUT2D eigenvalue weighted by Gasteiger charge is 2.24. The molecule has 0 aliphatic heterocycles. The Hall–Kier alpha value is -0.980. The number of ketones is 1. The number of alkyl halides is 1. The number of benzene rings is 1. The van der Waals surface area contributed by atoms with E-state index in [0.717, 1.165) is 19.3 Å². The normalized spacial score (nSPS) is 12.1. The second kappa shape index (κ2) is 6.68. The van der Waals surface area contributed by atoms with Gasteiger partial charge in [-0.2, -0.15) is 0 Å². The number of hydrogen-bond acceptors (Lipinski definition) is 3. The van der Waals surface area contributed by atoms with Crippen LogP contribution in [0.3, 0.4) is 0 Å². The molecular weight excluding hydrogens is 333 g/mol. The molecule has 0 aromatic heterocycles. The number of rotatable bonds is 6. The highest BCUT2D eigenvalue weighted by atomic mass is 127. The highest BCUT2D eigenvalue weighted by molar-refractivity contribution is 14.1. The summed E-state index contributed by atoms with van der Waals surface area (Å²) in [6, 6.07) is 6.13. The van der Waals surface area contributed by atoms with Crippen LogP contribution in [0.25, 0.3) is 0 Å². The van der Waals surface area contributed by atoms with Gasteiger partial charge >= 0.3 is 0 Å². The molecule has 92 valence electrons. The van der Waals surface area contributed by atoms with Crippen molar-refractivity contribution in [1.82, 2.24) is 0 Å². The van der Waals surface area contributed by atoms with E-state index in [1.54, 1.807) is 12.1 Å². The summed E-state index contributed by atoms with van der Waals surface area (Å²) in [7, 11) is 0. The van der Waals surface area contributed by atoms with Crippen molar-refractivity contribution >= 4 is 34.1 Å². The maximum absolute atomic E-state index is 12.1. The van der Waals surface area contributed by atoms with E-state index in [1.807, 2.05) is 0 Å². The van der Waals surface area contributed by atoms with Gasteiger partial charge in [-0.25, -0.2) is 0 Å². The van der Waals surface area contributed by atoms with Gasteiger partial charge in [0, 0.05) is 6.07 Å². The van der Waals surface area contributed by atoms with Gasteiger partial charge in [0.05, 0.1) is 14.4 Å². The van der Waals surface area contributed by atoms with Crippen molar-refractivity contribution in [2.75, 3.05) is 0 Å². The van der Waals surface area contributed by atoms with Crippen LogP contribution in [0.2, 0.25) is 0 Å². The molecule has 1 aromatic rings. The molecule has 0 bridgehead atoms. The lowest BCUT2D eigenvalue weighted by Crippen LogP contribution is -2.15. The Bertz CT molecular complexity index is 420. The van der Waals surface area contributed by atoms with E-state index >= 15 is 0 Å². The van der Waals surface area contributed by atoms with E-state index in [-0.39, 0.29) is 21.0 Å². The number of Topliss-reactive ketones (excluding diaryl/α,β-unsaturated/α-hetero) is 1. The van der Waals surface area contributed by atoms with Gasteiger partial charge in [0.15, 0.2) is 5.78 Å². The smallest absolute Gasteiger partial charge is 0.280 e. The van der Waals surface area contributed by atoms with Crippen LogP contribution in [-0.2, 0) is 0 Å². The number of nitro groups is 1. The number of carbonyl (C=O) groups excluding carboxylic acids is 1. The number of nitrogens with zero attached hydrogens (tertiary/aromatic N) is 1. The molecule has 1 rings (SSSR count). The molecule has 0 N–H and O–H groups in total. The predicted molar refractivity (Wildman–Crippen MR) is 74.8 cm³/mol. The van der Waals surface area contributed by atoms with E-state index in [9.17, 15) is 14.9 Å². The minimum absolute atomic E-state index is 0.101. The van der Waals surface area contributed by atoms with Gasteiger partial charge in [-0.05, 0) is 12.5 Å². The zero-order valence-electron chi connectivity index (χ0n) is 9.56. The van der Waals surface area contributed by atoms with Crippen molar-refractivity contribution in [2.45, 2.75) is 30.1 Å². The van der Waals surface area contributed by atoms with Crippen LogP contribution in [-0.4, -0.2) is 14.6 Å². The van der Waals surface area contributed by atoms with E-state index in [0.29, 0.717) is 0 Å². The average Bonchev–Trinajstić information content (AvgIpc) is 2.34. The number of carbonyl (C=O) groups is 1. The summed E-state index contributed by atoms with van der Waals surface area (Å²) in [6.45, 7) is 2.05. The number of hydrogen-bond donors (Lipinski definition) is 0. The monoisotopic (exact) mass is 347 g/mol. The number of para-hydroxylation sites is 1. The van der Waals surface area contributed by atoms with E-state index in [1.165, 1.54) is 12.1 Å². The van der Waals surface area contributed by atoms with Gasteiger partial charge in [-0.15, -0.1) is 0 Å². The molecule has 0 spiro atoms. The van der Waals surface area contributed by atoms with E-state index < -0.39 is 4.92 Å². The third kappa shape index (κ3) is 3.76. The van der Waals surface area contributed by atoms with Crippen LogP contribution < -0.4 is 0 Å². The van der Waals surface area contributed by atoms with Crippen molar-refractivity contribution in [3.8, 4) is 0 Å². The van der Waals surface area contributed by atoms with Crippen LogP contribution >= 0.6 is 22.6 Å². The Morgan fingerprint density at radius 3 is 2.71 bits per heavy atom. The third-order valence-corrected chi connectivity index (χ3v) is 3.65. The zero-order chi connectivity index (χ0) is 12.8. The minimum Gasteiger partial charge on any atom is -0.293 e. The molecule has 1 atom stereocenters. The summed E-state index contributed by atoms with van der Waals surface area (Å²) in [5.41, 5.74) is 0.115. The summed E-state index contributed by atoms with van der Waals surface area (Å²) in [5, 5.41) is 10.8. The zero-order valence-corrected chi connectivity index (χ0v) is 11.7. The lowest BCUT2D eigenvalue weighted by atomic mass is 10.0. The average molecular weight is 347 g/mol. The first-order valence-corrected chi connectivity index (χ1v) is 6.74. The van der Waals surface area contributed by atoms with Crippen molar-refractivity contribution in [1.29, 1.82) is 0 Å². The molecule has 17 heavy (non-hydrogen) atoms. The molecule has 0 heterocycles. The van der Waals surface area contributed by atoms with Crippen molar-refractivity contribution in [2.24, 2.45) is 0 Å². The maximum atomic E-state index is 12.1. The molecule has 1 aromatic carbocycles. The van der Waals surface area contributed by atoms with Crippen molar-refractivity contribution < 1.29 is 9.72 Å². The first kappa shape index (κ1) is 14.1. The van der Waals surface area contributed by atoms with Gasteiger partial charge in [-0.3, -0.25) is 14.9 Å². The Morgan fingerprint density at radius 1 is 1.47 bits per heavy atom. The highest BCUT2D eigenvalue weighted by Crippen LogP contribution is 2.23. The van der Waals surface area contributed by atoms with Gasteiger partial charge in [0.1, 0.15) is 0 Å². The molecule has 4 nitrogen and oxygen atoms in total. The largest absolute Gasteiger partial charge is 0.293 e. The SMILES string of the molecule is CCCCC(I)C(=O)c1ccccc1[N+](=O)[O-].